The maximum Gasteiger partial charge on any atom is 0.217 e. The summed E-state index contributed by atoms with van der Waals surface area (Å²) in [7, 11) is 3.29. The van der Waals surface area contributed by atoms with E-state index in [4.69, 9.17) is 19.2 Å². The lowest BCUT2D eigenvalue weighted by atomic mass is 9.84. The zero-order valence-corrected chi connectivity index (χ0v) is 16.2. The molecule has 0 bridgehead atoms. The van der Waals surface area contributed by atoms with Crippen molar-refractivity contribution in [1.29, 1.82) is 0 Å². The molecular weight excluding hydrogens is 342 g/mol. The first-order valence-electron chi connectivity index (χ1n) is 9.18. The summed E-state index contributed by atoms with van der Waals surface area (Å²) in [4.78, 5) is 4.72. The standard InChI is InChI=1S/C22H25NO4/c1-21(2)13-27-20(23-21)17-12-16(26-4)6-8-19(17)22(24)10-9-14-11-15(25-3)5-7-18(14)22/h5-8,11-12,24H,9-10,13H2,1-4H3. The van der Waals surface area contributed by atoms with E-state index < -0.39 is 5.60 Å². The van der Waals surface area contributed by atoms with Gasteiger partial charge in [-0.3, -0.25) is 0 Å². The molecule has 0 fully saturated rings. The van der Waals surface area contributed by atoms with Crippen molar-refractivity contribution in [2.45, 2.75) is 37.8 Å². The number of aliphatic imine (C=N–C) groups is 1. The van der Waals surface area contributed by atoms with Crippen LogP contribution >= 0.6 is 0 Å². The molecule has 2 aromatic rings. The fraction of sp³-hybridized carbons (Fsp3) is 0.409. The smallest absolute Gasteiger partial charge is 0.217 e. The number of benzene rings is 2. The molecule has 0 aromatic heterocycles. The monoisotopic (exact) mass is 367 g/mol. The molecule has 1 N–H and O–H groups in total. The highest BCUT2D eigenvalue weighted by atomic mass is 16.5. The van der Waals surface area contributed by atoms with Gasteiger partial charge in [-0.1, -0.05) is 12.1 Å². The van der Waals surface area contributed by atoms with Gasteiger partial charge in [-0.05, 0) is 62.1 Å². The largest absolute Gasteiger partial charge is 0.497 e. The summed E-state index contributed by atoms with van der Waals surface area (Å²) in [6, 6.07) is 11.5. The summed E-state index contributed by atoms with van der Waals surface area (Å²) in [5.74, 6) is 2.07. The first kappa shape index (κ1) is 17.9. The highest BCUT2D eigenvalue weighted by Crippen LogP contribution is 2.45. The molecule has 27 heavy (non-hydrogen) atoms. The lowest BCUT2D eigenvalue weighted by molar-refractivity contribution is 0.0824. The third kappa shape index (κ3) is 2.96. The molecule has 1 aliphatic heterocycles. The number of fused-ring (bicyclic) bond motifs is 1. The lowest BCUT2D eigenvalue weighted by Gasteiger charge is -2.27. The summed E-state index contributed by atoms with van der Waals surface area (Å²) in [5, 5.41) is 11.7. The van der Waals surface area contributed by atoms with Crippen LogP contribution in [0.1, 0.15) is 42.5 Å². The van der Waals surface area contributed by atoms with Crippen LogP contribution < -0.4 is 9.47 Å². The summed E-state index contributed by atoms with van der Waals surface area (Å²) in [5.41, 5.74) is 2.22. The number of aliphatic hydroxyl groups is 1. The molecule has 0 saturated carbocycles. The van der Waals surface area contributed by atoms with E-state index in [2.05, 4.69) is 0 Å². The second-order valence-corrected chi connectivity index (χ2v) is 7.81. The third-order valence-electron chi connectivity index (χ3n) is 5.38. The summed E-state index contributed by atoms with van der Waals surface area (Å²) >= 11 is 0. The van der Waals surface area contributed by atoms with E-state index in [0.717, 1.165) is 34.4 Å². The Kier molecular flexibility index (Phi) is 4.15. The Bertz CT molecular complexity index is 919. The Labute approximate surface area is 159 Å². The summed E-state index contributed by atoms with van der Waals surface area (Å²) in [6.07, 6.45) is 1.39. The van der Waals surface area contributed by atoms with Crippen LogP contribution in [0.5, 0.6) is 11.5 Å². The van der Waals surface area contributed by atoms with Crippen LogP contribution in [-0.4, -0.2) is 37.4 Å². The maximum atomic E-state index is 11.7. The van der Waals surface area contributed by atoms with Crippen molar-refractivity contribution in [3.63, 3.8) is 0 Å². The average Bonchev–Trinajstić information content (AvgIpc) is 3.21. The topological polar surface area (TPSA) is 60.3 Å². The number of aryl methyl sites for hydroxylation is 1. The van der Waals surface area contributed by atoms with Crippen LogP contribution in [0.3, 0.4) is 0 Å². The Morgan fingerprint density at radius 3 is 2.30 bits per heavy atom. The highest BCUT2D eigenvalue weighted by Gasteiger charge is 2.42. The molecule has 5 nitrogen and oxygen atoms in total. The van der Waals surface area contributed by atoms with Crippen LogP contribution in [0, 0.1) is 0 Å². The first-order valence-corrected chi connectivity index (χ1v) is 9.18. The average molecular weight is 367 g/mol. The fourth-order valence-corrected chi connectivity index (χ4v) is 3.95. The molecule has 1 aliphatic carbocycles. The number of ether oxygens (including phenoxy) is 3. The minimum Gasteiger partial charge on any atom is -0.497 e. The van der Waals surface area contributed by atoms with Gasteiger partial charge in [-0.15, -0.1) is 0 Å². The van der Waals surface area contributed by atoms with Gasteiger partial charge >= 0.3 is 0 Å². The van der Waals surface area contributed by atoms with Crippen molar-refractivity contribution >= 4 is 5.90 Å². The van der Waals surface area contributed by atoms with Gasteiger partial charge in [0.15, 0.2) is 0 Å². The van der Waals surface area contributed by atoms with Gasteiger partial charge in [0.2, 0.25) is 5.90 Å². The molecule has 2 aliphatic rings. The second kappa shape index (κ2) is 6.27. The molecular formula is C22H25NO4. The van der Waals surface area contributed by atoms with Crippen molar-refractivity contribution in [1.82, 2.24) is 0 Å². The van der Waals surface area contributed by atoms with E-state index in [1.165, 1.54) is 0 Å². The SMILES string of the molecule is COc1ccc2c(c1)CCC2(O)c1ccc(OC)cc1C1=NC(C)(C)CO1. The Balaban J connectivity index is 1.86. The number of hydrogen-bond acceptors (Lipinski definition) is 5. The van der Waals surface area contributed by atoms with Gasteiger partial charge in [0, 0.05) is 11.1 Å². The van der Waals surface area contributed by atoms with Crippen molar-refractivity contribution in [2.24, 2.45) is 4.99 Å². The molecule has 0 amide bonds. The predicted octanol–water partition coefficient (Wildman–Crippen LogP) is 3.44. The van der Waals surface area contributed by atoms with E-state index in [1.807, 2.05) is 50.2 Å². The Hall–Kier alpha value is -2.53. The van der Waals surface area contributed by atoms with Crippen LogP contribution in [0.25, 0.3) is 0 Å². The minimum atomic E-state index is -1.10. The molecule has 1 heterocycles. The number of hydrogen-bond donors (Lipinski definition) is 1. The van der Waals surface area contributed by atoms with Gasteiger partial charge in [-0.2, -0.15) is 0 Å². The van der Waals surface area contributed by atoms with E-state index in [9.17, 15) is 5.11 Å². The second-order valence-electron chi connectivity index (χ2n) is 7.81. The molecule has 1 atom stereocenters. The van der Waals surface area contributed by atoms with Crippen molar-refractivity contribution in [3.8, 4) is 11.5 Å². The van der Waals surface area contributed by atoms with E-state index >= 15 is 0 Å². The molecule has 4 rings (SSSR count). The minimum absolute atomic E-state index is 0.279. The van der Waals surface area contributed by atoms with Crippen LogP contribution in [0.4, 0.5) is 0 Å². The lowest BCUT2D eigenvalue weighted by Crippen LogP contribution is -2.27. The van der Waals surface area contributed by atoms with E-state index in [-0.39, 0.29) is 5.54 Å². The molecule has 1 unspecified atom stereocenters. The highest BCUT2D eigenvalue weighted by molar-refractivity contribution is 5.98. The van der Waals surface area contributed by atoms with Crippen molar-refractivity contribution in [2.75, 3.05) is 20.8 Å². The van der Waals surface area contributed by atoms with Crippen LogP contribution in [-0.2, 0) is 16.8 Å². The summed E-state index contributed by atoms with van der Waals surface area (Å²) < 4.78 is 16.6. The predicted molar refractivity (Wildman–Crippen MR) is 104 cm³/mol. The maximum absolute atomic E-state index is 11.7. The summed E-state index contributed by atoms with van der Waals surface area (Å²) in [6.45, 7) is 4.59. The fourth-order valence-electron chi connectivity index (χ4n) is 3.95. The number of nitrogens with zero attached hydrogens (tertiary/aromatic N) is 1. The number of methoxy groups -OCH3 is 2. The first-order chi connectivity index (χ1) is 12.9. The normalized spacial score (nSPS) is 22.8. The van der Waals surface area contributed by atoms with Gasteiger partial charge in [0.25, 0.3) is 0 Å². The Morgan fingerprint density at radius 2 is 1.67 bits per heavy atom. The van der Waals surface area contributed by atoms with Crippen LogP contribution in [0.2, 0.25) is 0 Å². The van der Waals surface area contributed by atoms with Gasteiger partial charge in [-0.25, -0.2) is 4.99 Å². The molecule has 0 saturated heterocycles. The number of rotatable bonds is 4. The molecule has 2 aromatic carbocycles. The van der Waals surface area contributed by atoms with Gasteiger partial charge < -0.3 is 19.3 Å². The van der Waals surface area contributed by atoms with Gasteiger partial charge in [0.1, 0.15) is 23.7 Å². The Morgan fingerprint density at radius 1 is 1.00 bits per heavy atom. The quantitative estimate of drug-likeness (QED) is 0.899. The van der Waals surface area contributed by atoms with Gasteiger partial charge in [0.05, 0.1) is 19.8 Å². The van der Waals surface area contributed by atoms with Crippen molar-refractivity contribution < 1.29 is 19.3 Å². The molecule has 142 valence electrons. The molecule has 0 radical (unpaired) electrons. The van der Waals surface area contributed by atoms with E-state index in [1.54, 1.807) is 14.2 Å². The zero-order chi connectivity index (χ0) is 19.2. The van der Waals surface area contributed by atoms with E-state index in [0.29, 0.717) is 24.7 Å². The molecule has 0 spiro atoms. The van der Waals surface area contributed by atoms with Crippen molar-refractivity contribution in [3.05, 3.63) is 58.7 Å². The zero-order valence-electron chi connectivity index (χ0n) is 16.2. The molecule has 5 heteroatoms. The van der Waals surface area contributed by atoms with Crippen LogP contribution in [0.15, 0.2) is 41.4 Å². The third-order valence-corrected chi connectivity index (χ3v) is 5.38.